The summed E-state index contributed by atoms with van der Waals surface area (Å²) < 4.78 is 32.2. The van der Waals surface area contributed by atoms with E-state index in [0.29, 0.717) is 32.6 Å². The fourth-order valence-electron chi connectivity index (χ4n) is 3.53. The van der Waals surface area contributed by atoms with Crippen molar-refractivity contribution in [2.75, 3.05) is 26.2 Å². The van der Waals surface area contributed by atoms with Crippen LogP contribution in [-0.4, -0.2) is 47.7 Å². The largest absolute Gasteiger partial charge is 0.444 e. The van der Waals surface area contributed by atoms with Gasteiger partial charge in [0.05, 0.1) is 0 Å². The maximum atomic E-state index is 13.4. The molecule has 2 aromatic rings. The molecule has 2 aromatic carbocycles. The average molecular weight is 402 g/mol. The highest BCUT2D eigenvalue weighted by Gasteiger charge is 2.29. The van der Waals surface area contributed by atoms with Crippen molar-refractivity contribution in [3.05, 3.63) is 71.3 Å². The molecule has 0 aliphatic carbocycles. The number of hydrogen-bond donors (Lipinski definition) is 0. The van der Waals surface area contributed by atoms with Crippen molar-refractivity contribution in [3.63, 3.8) is 0 Å². The lowest BCUT2D eigenvalue weighted by Gasteiger charge is -2.40. The molecular formula is C23H28F2N2O2. The number of ether oxygens (including phenoxy) is 1. The number of benzene rings is 2. The Morgan fingerprint density at radius 2 is 1.45 bits per heavy atom. The van der Waals surface area contributed by atoms with Crippen molar-refractivity contribution < 1.29 is 18.3 Å². The molecule has 4 nitrogen and oxygen atoms in total. The quantitative estimate of drug-likeness (QED) is 0.736. The molecule has 1 aliphatic rings. The number of halogens is 2. The number of carbonyl (C=O) groups excluding carboxylic acids is 1. The van der Waals surface area contributed by atoms with Gasteiger partial charge in [-0.25, -0.2) is 13.6 Å². The second kappa shape index (κ2) is 8.91. The molecule has 1 atom stereocenters. The van der Waals surface area contributed by atoms with Crippen LogP contribution >= 0.6 is 0 Å². The van der Waals surface area contributed by atoms with Crippen LogP contribution in [0.4, 0.5) is 13.6 Å². The first kappa shape index (κ1) is 21.2. The molecule has 1 amide bonds. The van der Waals surface area contributed by atoms with Crippen LogP contribution in [0.15, 0.2) is 48.5 Å². The lowest BCUT2D eigenvalue weighted by Crippen LogP contribution is -2.51. The molecule has 0 saturated carbocycles. The van der Waals surface area contributed by atoms with Gasteiger partial charge in [-0.3, -0.25) is 4.90 Å². The number of amides is 1. The highest BCUT2D eigenvalue weighted by Crippen LogP contribution is 2.27. The lowest BCUT2D eigenvalue weighted by atomic mass is 9.96. The van der Waals surface area contributed by atoms with Gasteiger partial charge in [0.1, 0.15) is 17.2 Å². The molecule has 1 heterocycles. The number of hydrogen-bond acceptors (Lipinski definition) is 3. The van der Waals surface area contributed by atoms with Gasteiger partial charge >= 0.3 is 6.09 Å². The van der Waals surface area contributed by atoms with Gasteiger partial charge in [0.25, 0.3) is 0 Å². The Hall–Kier alpha value is -2.47. The summed E-state index contributed by atoms with van der Waals surface area (Å²) in [6.45, 7) is 8.06. The molecule has 29 heavy (non-hydrogen) atoms. The molecule has 0 radical (unpaired) electrons. The Balaban J connectivity index is 1.72. The molecule has 0 bridgehead atoms. The van der Waals surface area contributed by atoms with Gasteiger partial charge in [0.2, 0.25) is 0 Å². The van der Waals surface area contributed by atoms with E-state index in [4.69, 9.17) is 4.74 Å². The number of carbonyl (C=O) groups is 1. The Kier molecular flexibility index (Phi) is 6.52. The topological polar surface area (TPSA) is 32.8 Å². The van der Waals surface area contributed by atoms with Crippen LogP contribution in [0.2, 0.25) is 0 Å². The van der Waals surface area contributed by atoms with Crippen LogP contribution in [0, 0.1) is 11.6 Å². The summed E-state index contributed by atoms with van der Waals surface area (Å²) >= 11 is 0. The predicted molar refractivity (Wildman–Crippen MR) is 109 cm³/mol. The van der Waals surface area contributed by atoms with E-state index < -0.39 is 5.60 Å². The van der Waals surface area contributed by atoms with Crippen LogP contribution in [0.25, 0.3) is 0 Å². The smallest absolute Gasteiger partial charge is 0.410 e. The Morgan fingerprint density at radius 1 is 0.931 bits per heavy atom. The second-order valence-electron chi connectivity index (χ2n) is 8.40. The summed E-state index contributed by atoms with van der Waals surface area (Å²) in [6, 6.07) is 13.0. The Bertz CT molecular complexity index is 808. The highest BCUT2D eigenvalue weighted by molar-refractivity contribution is 5.68. The monoisotopic (exact) mass is 402 g/mol. The van der Waals surface area contributed by atoms with Gasteiger partial charge in [-0.15, -0.1) is 0 Å². The van der Waals surface area contributed by atoms with Crippen molar-refractivity contribution in [2.24, 2.45) is 0 Å². The summed E-state index contributed by atoms with van der Waals surface area (Å²) in [5.41, 5.74) is 1.49. The van der Waals surface area contributed by atoms with Crippen LogP contribution < -0.4 is 0 Å². The summed E-state index contributed by atoms with van der Waals surface area (Å²) in [5.74, 6) is -0.540. The van der Waals surface area contributed by atoms with Crippen molar-refractivity contribution in [3.8, 4) is 0 Å². The standard InChI is InChI=1S/C23H28F2N2O2/c1-23(2,3)29-22(28)27-14-12-26(13-15-27)21(18-6-10-20(25)11-7-18)16-17-4-8-19(24)9-5-17/h4-11,21H,12-16H2,1-3H3. The molecule has 0 spiro atoms. The first-order valence-electron chi connectivity index (χ1n) is 9.93. The van der Waals surface area contributed by atoms with Crippen molar-refractivity contribution in [1.29, 1.82) is 0 Å². The maximum absolute atomic E-state index is 13.4. The van der Waals surface area contributed by atoms with Crippen molar-refractivity contribution in [1.82, 2.24) is 9.80 Å². The maximum Gasteiger partial charge on any atom is 0.410 e. The molecule has 1 unspecified atom stereocenters. The molecule has 1 saturated heterocycles. The summed E-state index contributed by atoms with van der Waals surface area (Å²) in [4.78, 5) is 16.3. The van der Waals surface area contributed by atoms with Gasteiger partial charge in [0, 0.05) is 32.2 Å². The third-order valence-corrected chi connectivity index (χ3v) is 5.00. The Labute approximate surface area is 171 Å². The van der Waals surface area contributed by atoms with Gasteiger partial charge in [-0.1, -0.05) is 24.3 Å². The summed E-state index contributed by atoms with van der Waals surface area (Å²) in [5, 5.41) is 0. The molecule has 0 aromatic heterocycles. The third kappa shape index (κ3) is 6.00. The average Bonchev–Trinajstić information content (AvgIpc) is 2.67. The minimum absolute atomic E-state index is 0.0156. The molecule has 0 N–H and O–H groups in total. The third-order valence-electron chi connectivity index (χ3n) is 5.00. The molecule has 6 heteroatoms. The van der Waals surface area contributed by atoms with Gasteiger partial charge in [-0.05, 0) is 62.6 Å². The van der Waals surface area contributed by atoms with Gasteiger partial charge in [0.15, 0.2) is 0 Å². The molecule has 3 rings (SSSR count). The fraction of sp³-hybridized carbons (Fsp3) is 0.435. The number of nitrogens with zero attached hydrogens (tertiary/aromatic N) is 2. The minimum Gasteiger partial charge on any atom is -0.444 e. The summed E-state index contributed by atoms with van der Waals surface area (Å²) in [6.07, 6.45) is 0.382. The number of rotatable bonds is 4. The molecule has 156 valence electrons. The normalized spacial score (nSPS) is 16.5. The van der Waals surface area contributed by atoms with Crippen LogP contribution in [0.5, 0.6) is 0 Å². The zero-order valence-electron chi connectivity index (χ0n) is 17.2. The second-order valence-corrected chi connectivity index (χ2v) is 8.40. The first-order valence-corrected chi connectivity index (χ1v) is 9.93. The van der Waals surface area contributed by atoms with E-state index in [1.54, 1.807) is 29.2 Å². The molecule has 1 aliphatic heterocycles. The first-order chi connectivity index (χ1) is 13.7. The van der Waals surface area contributed by atoms with E-state index in [1.165, 1.54) is 24.3 Å². The van der Waals surface area contributed by atoms with Crippen LogP contribution in [-0.2, 0) is 11.2 Å². The van der Waals surface area contributed by atoms with E-state index in [2.05, 4.69) is 4.90 Å². The van der Waals surface area contributed by atoms with Crippen LogP contribution in [0.1, 0.15) is 37.9 Å². The van der Waals surface area contributed by atoms with E-state index in [1.807, 2.05) is 20.8 Å². The minimum atomic E-state index is -0.520. The van der Waals surface area contributed by atoms with E-state index in [-0.39, 0.29) is 23.8 Å². The predicted octanol–water partition coefficient (Wildman–Crippen LogP) is 4.80. The molecule has 1 fully saturated rings. The SMILES string of the molecule is CC(C)(C)OC(=O)N1CCN(C(Cc2ccc(F)cc2)c2ccc(F)cc2)CC1. The van der Waals surface area contributed by atoms with Crippen molar-refractivity contribution >= 4 is 6.09 Å². The van der Waals surface area contributed by atoms with Crippen molar-refractivity contribution in [2.45, 2.75) is 38.8 Å². The lowest BCUT2D eigenvalue weighted by molar-refractivity contribution is 0.0102. The van der Waals surface area contributed by atoms with Crippen LogP contribution in [0.3, 0.4) is 0 Å². The highest BCUT2D eigenvalue weighted by atomic mass is 19.1. The summed E-state index contributed by atoms with van der Waals surface area (Å²) in [7, 11) is 0. The molecular weight excluding hydrogens is 374 g/mol. The van der Waals surface area contributed by atoms with Gasteiger partial charge < -0.3 is 9.64 Å². The Morgan fingerprint density at radius 3 is 1.97 bits per heavy atom. The zero-order valence-corrected chi connectivity index (χ0v) is 17.2. The van der Waals surface area contributed by atoms with E-state index in [0.717, 1.165) is 11.1 Å². The number of piperazine rings is 1. The van der Waals surface area contributed by atoms with E-state index in [9.17, 15) is 13.6 Å². The van der Waals surface area contributed by atoms with Gasteiger partial charge in [-0.2, -0.15) is 0 Å². The fourth-order valence-corrected chi connectivity index (χ4v) is 3.53. The zero-order chi connectivity index (χ0) is 21.0. The van der Waals surface area contributed by atoms with E-state index >= 15 is 0 Å².